The molecule has 0 radical (unpaired) electrons. The average Bonchev–Trinajstić information content (AvgIpc) is 3.07. The number of carbonyl (C=O) groups excluding carboxylic acids is 1. The Kier molecular flexibility index (Phi) is 5.62. The quantitative estimate of drug-likeness (QED) is 0.583. The van der Waals surface area contributed by atoms with Gasteiger partial charge in [0.15, 0.2) is 0 Å². The highest BCUT2D eigenvalue weighted by atomic mass is 16.5. The predicted octanol–water partition coefficient (Wildman–Crippen LogP) is 6.18. The van der Waals surface area contributed by atoms with Crippen molar-refractivity contribution in [1.29, 1.82) is 0 Å². The highest BCUT2D eigenvalue weighted by molar-refractivity contribution is 5.79. The molecule has 1 spiro atoms. The highest BCUT2D eigenvalue weighted by Gasteiger charge is 2.48. The molecular formula is C28H35NO2. The molecule has 2 aromatic rings. The van der Waals surface area contributed by atoms with E-state index in [4.69, 9.17) is 4.74 Å². The molecule has 5 rings (SSSR count). The van der Waals surface area contributed by atoms with Gasteiger partial charge in [-0.3, -0.25) is 9.78 Å². The average molecular weight is 418 g/mol. The number of Topliss-reactive ketones (excluding diaryl/α,β-unsaturated/α-hetero) is 1. The summed E-state index contributed by atoms with van der Waals surface area (Å²) in [6, 6.07) is 11.0. The zero-order valence-electron chi connectivity index (χ0n) is 19.0. The molecule has 1 fully saturated rings. The van der Waals surface area contributed by atoms with Gasteiger partial charge < -0.3 is 4.74 Å². The first-order chi connectivity index (χ1) is 15.1. The topological polar surface area (TPSA) is 39.2 Å². The Morgan fingerprint density at radius 1 is 1.16 bits per heavy atom. The Hall–Kier alpha value is -2.16. The molecule has 1 saturated carbocycles. The third-order valence-corrected chi connectivity index (χ3v) is 8.29. The number of carbonyl (C=O) groups is 1. The van der Waals surface area contributed by atoms with Gasteiger partial charge in [-0.15, -0.1) is 0 Å². The second-order valence-electron chi connectivity index (χ2n) is 10.4. The van der Waals surface area contributed by atoms with Gasteiger partial charge in [-0.1, -0.05) is 38.1 Å². The van der Waals surface area contributed by atoms with Crippen molar-refractivity contribution in [1.82, 2.24) is 4.98 Å². The standard InChI is InChI=1S/C28H35NO2/c1-19(18-31-26-12-15-29-25-9-5-6-20(2)27(25)26)16-22-17-21-7-3-4-8-24(21)28(22)13-10-23(30)11-14-28/h3-4,7-8,12,15,19-20,22H,5-6,9-11,13-14,16-18H2,1-2H3/t19-,20-,22+/m1/s1. The molecule has 3 heteroatoms. The van der Waals surface area contributed by atoms with E-state index >= 15 is 0 Å². The van der Waals surface area contributed by atoms with Crippen LogP contribution in [0, 0.1) is 11.8 Å². The molecule has 0 amide bonds. The molecule has 3 nitrogen and oxygen atoms in total. The van der Waals surface area contributed by atoms with E-state index in [0.29, 0.717) is 23.5 Å². The number of rotatable bonds is 5. The molecule has 0 bridgehead atoms. The van der Waals surface area contributed by atoms with Gasteiger partial charge in [0.1, 0.15) is 11.5 Å². The third kappa shape index (κ3) is 3.81. The fourth-order valence-corrected chi connectivity index (χ4v) is 6.68. The summed E-state index contributed by atoms with van der Waals surface area (Å²) in [5.74, 6) is 3.13. The van der Waals surface area contributed by atoms with E-state index in [1.165, 1.54) is 35.2 Å². The molecule has 0 saturated heterocycles. The number of aryl methyl sites for hydroxylation is 1. The lowest BCUT2D eigenvalue weighted by atomic mass is 9.63. The molecule has 0 aliphatic heterocycles. The number of aromatic nitrogens is 1. The zero-order valence-corrected chi connectivity index (χ0v) is 19.0. The van der Waals surface area contributed by atoms with E-state index < -0.39 is 0 Å². The molecule has 3 atom stereocenters. The Labute approximate surface area is 186 Å². The van der Waals surface area contributed by atoms with Gasteiger partial charge in [0.05, 0.1) is 6.61 Å². The minimum absolute atomic E-state index is 0.198. The number of hydrogen-bond acceptors (Lipinski definition) is 3. The smallest absolute Gasteiger partial charge is 0.132 e. The molecular weight excluding hydrogens is 382 g/mol. The van der Waals surface area contributed by atoms with Gasteiger partial charge >= 0.3 is 0 Å². The summed E-state index contributed by atoms with van der Waals surface area (Å²) in [6.07, 6.45) is 11.3. The van der Waals surface area contributed by atoms with Crippen molar-refractivity contribution in [3.8, 4) is 5.75 Å². The summed E-state index contributed by atoms with van der Waals surface area (Å²) >= 11 is 0. The normalized spacial score (nSPS) is 25.2. The van der Waals surface area contributed by atoms with Crippen LogP contribution in [-0.4, -0.2) is 17.4 Å². The number of benzene rings is 1. The molecule has 0 N–H and O–H groups in total. The van der Waals surface area contributed by atoms with Gasteiger partial charge in [-0.25, -0.2) is 0 Å². The van der Waals surface area contributed by atoms with E-state index in [1.807, 2.05) is 6.20 Å². The predicted molar refractivity (Wildman–Crippen MR) is 124 cm³/mol. The van der Waals surface area contributed by atoms with Crippen molar-refractivity contribution >= 4 is 5.78 Å². The van der Waals surface area contributed by atoms with Crippen LogP contribution in [0.15, 0.2) is 36.5 Å². The maximum absolute atomic E-state index is 12.0. The van der Waals surface area contributed by atoms with Crippen molar-refractivity contribution in [2.75, 3.05) is 6.61 Å². The molecule has 1 heterocycles. The first kappa shape index (κ1) is 20.7. The van der Waals surface area contributed by atoms with Crippen LogP contribution in [0.4, 0.5) is 0 Å². The number of fused-ring (bicyclic) bond motifs is 3. The van der Waals surface area contributed by atoms with Gasteiger partial charge in [0, 0.05) is 30.3 Å². The zero-order chi connectivity index (χ0) is 21.4. The first-order valence-corrected chi connectivity index (χ1v) is 12.3. The maximum atomic E-state index is 12.0. The SMILES string of the molecule is C[C@@H](COc1ccnc2c1[C@H](C)CCC2)C[C@H]1Cc2ccccc2C12CCC(=O)CC2. The summed E-state index contributed by atoms with van der Waals surface area (Å²) in [7, 11) is 0. The van der Waals surface area contributed by atoms with Crippen LogP contribution >= 0.6 is 0 Å². The minimum atomic E-state index is 0.198. The van der Waals surface area contributed by atoms with Crippen molar-refractivity contribution in [3.05, 3.63) is 58.9 Å². The summed E-state index contributed by atoms with van der Waals surface area (Å²) in [4.78, 5) is 16.6. The lowest BCUT2D eigenvalue weighted by Gasteiger charge is -2.40. The van der Waals surface area contributed by atoms with Crippen LogP contribution in [-0.2, 0) is 23.1 Å². The molecule has 3 aliphatic rings. The Morgan fingerprint density at radius 2 is 1.97 bits per heavy atom. The number of ketones is 1. The molecule has 3 aliphatic carbocycles. The van der Waals surface area contributed by atoms with Crippen molar-refractivity contribution in [2.45, 2.75) is 83.0 Å². The van der Waals surface area contributed by atoms with E-state index in [2.05, 4.69) is 49.2 Å². The van der Waals surface area contributed by atoms with Crippen LogP contribution in [0.2, 0.25) is 0 Å². The first-order valence-electron chi connectivity index (χ1n) is 12.3. The monoisotopic (exact) mass is 417 g/mol. The van der Waals surface area contributed by atoms with Crippen LogP contribution < -0.4 is 4.74 Å². The summed E-state index contributed by atoms with van der Waals surface area (Å²) in [6.45, 7) is 5.40. The molecule has 0 unspecified atom stereocenters. The van der Waals surface area contributed by atoms with Gasteiger partial charge in [-0.05, 0) is 85.3 Å². The minimum Gasteiger partial charge on any atom is -0.493 e. The van der Waals surface area contributed by atoms with Crippen molar-refractivity contribution in [2.24, 2.45) is 11.8 Å². The second-order valence-corrected chi connectivity index (χ2v) is 10.4. The fraction of sp³-hybridized carbons (Fsp3) is 0.571. The van der Waals surface area contributed by atoms with Crippen LogP contribution in [0.3, 0.4) is 0 Å². The van der Waals surface area contributed by atoms with Gasteiger partial charge in [-0.2, -0.15) is 0 Å². The Morgan fingerprint density at radius 3 is 2.81 bits per heavy atom. The van der Waals surface area contributed by atoms with Crippen molar-refractivity contribution < 1.29 is 9.53 Å². The number of ether oxygens (including phenoxy) is 1. The third-order valence-electron chi connectivity index (χ3n) is 8.29. The molecule has 1 aromatic heterocycles. The van der Waals surface area contributed by atoms with Gasteiger partial charge in [0.2, 0.25) is 0 Å². The van der Waals surface area contributed by atoms with Gasteiger partial charge in [0.25, 0.3) is 0 Å². The van der Waals surface area contributed by atoms with E-state index in [-0.39, 0.29) is 5.41 Å². The molecule has 164 valence electrons. The van der Waals surface area contributed by atoms with Crippen LogP contribution in [0.5, 0.6) is 5.75 Å². The lowest BCUT2D eigenvalue weighted by Crippen LogP contribution is -2.37. The van der Waals surface area contributed by atoms with Crippen molar-refractivity contribution in [3.63, 3.8) is 0 Å². The Balaban J connectivity index is 1.30. The molecule has 1 aromatic carbocycles. The van der Waals surface area contributed by atoms with E-state index in [1.54, 1.807) is 0 Å². The maximum Gasteiger partial charge on any atom is 0.132 e. The highest BCUT2D eigenvalue weighted by Crippen LogP contribution is 2.53. The number of pyridine rings is 1. The number of nitrogens with zero attached hydrogens (tertiary/aromatic N) is 1. The molecule has 31 heavy (non-hydrogen) atoms. The summed E-state index contributed by atoms with van der Waals surface area (Å²) < 4.78 is 6.42. The lowest BCUT2D eigenvalue weighted by molar-refractivity contribution is -0.121. The summed E-state index contributed by atoms with van der Waals surface area (Å²) in [5, 5.41) is 0. The van der Waals surface area contributed by atoms with E-state index in [9.17, 15) is 4.79 Å². The Bertz CT molecular complexity index is 955. The second kappa shape index (κ2) is 8.41. The van der Waals surface area contributed by atoms with E-state index in [0.717, 1.165) is 57.3 Å². The summed E-state index contributed by atoms with van der Waals surface area (Å²) in [5.41, 5.74) is 5.81. The van der Waals surface area contributed by atoms with Crippen LogP contribution in [0.1, 0.15) is 87.1 Å². The van der Waals surface area contributed by atoms with Crippen LogP contribution in [0.25, 0.3) is 0 Å². The largest absolute Gasteiger partial charge is 0.493 e. The fourth-order valence-electron chi connectivity index (χ4n) is 6.68. The number of hydrogen-bond donors (Lipinski definition) is 0.